The van der Waals surface area contributed by atoms with Gasteiger partial charge in [0.05, 0.1) is 0 Å². The number of hydrogen-bond acceptors (Lipinski definition) is 1. The van der Waals surface area contributed by atoms with Gasteiger partial charge in [-0.3, -0.25) is 0 Å². The van der Waals surface area contributed by atoms with E-state index in [1.807, 2.05) is 0 Å². The fraction of sp³-hybridized carbons (Fsp3) is 0. The molecule has 2 aromatic carbocycles. The molecule has 0 saturated heterocycles. The molecule has 2 aromatic rings. The summed E-state index contributed by atoms with van der Waals surface area (Å²) in [7, 11) is 0. The lowest BCUT2D eigenvalue weighted by molar-refractivity contribution is 1.52. The quantitative estimate of drug-likeness (QED) is 0.698. The molecule has 0 bridgehead atoms. The van der Waals surface area contributed by atoms with Gasteiger partial charge in [-0.1, -0.05) is 12.1 Å². The van der Waals surface area contributed by atoms with Crippen LogP contribution in [0.5, 0.6) is 0 Å². The second-order valence-electron chi connectivity index (χ2n) is 3.15. The molecule has 2 rings (SSSR count). The Bertz CT molecular complexity index is 425. The van der Waals surface area contributed by atoms with Crippen molar-refractivity contribution in [2.75, 3.05) is 5.32 Å². The van der Waals surface area contributed by atoms with Crippen LogP contribution in [0.3, 0.4) is 0 Å². The highest BCUT2D eigenvalue weighted by atomic mass is 127. The molecule has 0 atom stereocenters. The minimum Gasteiger partial charge on any atom is -0.355 e. The van der Waals surface area contributed by atoms with Crippen LogP contribution in [0.25, 0.3) is 0 Å². The summed E-state index contributed by atoms with van der Waals surface area (Å²) in [6.07, 6.45) is 0. The summed E-state index contributed by atoms with van der Waals surface area (Å²) in [5, 5.41) is 3.38. The van der Waals surface area contributed by atoms with Crippen molar-refractivity contribution in [3.63, 3.8) is 0 Å². The van der Waals surface area contributed by atoms with Crippen molar-refractivity contribution in [3.8, 4) is 0 Å². The molecule has 3 heteroatoms. The van der Waals surface area contributed by atoms with E-state index in [2.05, 4.69) is 99.0 Å². The molecule has 0 unspecified atom stereocenters. The summed E-state index contributed by atoms with van der Waals surface area (Å²) in [4.78, 5) is 0. The smallest absolute Gasteiger partial charge is 0.0394 e. The van der Waals surface area contributed by atoms with Crippen molar-refractivity contribution >= 4 is 56.6 Å². The zero-order valence-electron chi connectivity index (χ0n) is 7.87. The maximum absolute atomic E-state index is 3.38. The van der Waals surface area contributed by atoms with Gasteiger partial charge in [0, 0.05) is 18.5 Å². The number of nitrogens with one attached hydrogen (secondary N) is 1. The maximum atomic E-state index is 3.38. The molecule has 0 heterocycles. The van der Waals surface area contributed by atoms with Crippen LogP contribution >= 0.6 is 45.2 Å². The first-order valence-corrected chi connectivity index (χ1v) is 6.68. The topological polar surface area (TPSA) is 12.0 Å². The predicted molar refractivity (Wildman–Crippen MR) is 81.6 cm³/mol. The fourth-order valence-electron chi connectivity index (χ4n) is 1.30. The Hall–Kier alpha value is -0.300. The van der Waals surface area contributed by atoms with Crippen LogP contribution < -0.4 is 5.32 Å². The van der Waals surface area contributed by atoms with Gasteiger partial charge in [0.15, 0.2) is 0 Å². The molecular formula is C12H9I2N. The van der Waals surface area contributed by atoms with Gasteiger partial charge in [0.1, 0.15) is 0 Å². The van der Waals surface area contributed by atoms with Crippen LogP contribution in [0.2, 0.25) is 0 Å². The number of halogens is 2. The molecule has 0 amide bonds. The van der Waals surface area contributed by atoms with Crippen molar-refractivity contribution in [2.24, 2.45) is 0 Å². The van der Waals surface area contributed by atoms with Crippen LogP contribution in [0.4, 0.5) is 11.4 Å². The lowest BCUT2D eigenvalue weighted by atomic mass is 10.3. The van der Waals surface area contributed by atoms with E-state index in [4.69, 9.17) is 0 Å². The van der Waals surface area contributed by atoms with Crippen LogP contribution in [0.15, 0.2) is 48.5 Å². The van der Waals surface area contributed by atoms with Crippen LogP contribution in [-0.4, -0.2) is 0 Å². The zero-order valence-corrected chi connectivity index (χ0v) is 12.2. The largest absolute Gasteiger partial charge is 0.355 e. The third-order valence-corrected chi connectivity index (χ3v) is 3.28. The fourth-order valence-corrected chi connectivity index (χ4v) is 2.39. The first kappa shape index (κ1) is 11.2. The van der Waals surface area contributed by atoms with Crippen molar-refractivity contribution in [3.05, 3.63) is 55.7 Å². The number of benzene rings is 2. The van der Waals surface area contributed by atoms with Gasteiger partial charge < -0.3 is 5.32 Å². The third kappa shape index (κ3) is 3.34. The molecule has 76 valence electrons. The van der Waals surface area contributed by atoms with Crippen molar-refractivity contribution < 1.29 is 0 Å². The molecule has 0 aromatic heterocycles. The van der Waals surface area contributed by atoms with E-state index in [1.54, 1.807) is 0 Å². The summed E-state index contributed by atoms with van der Waals surface area (Å²) < 4.78 is 2.48. The Morgan fingerprint density at radius 2 is 1.20 bits per heavy atom. The average molecular weight is 421 g/mol. The highest BCUT2D eigenvalue weighted by molar-refractivity contribution is 14.1. The first-order chi connectivity index (χ1) is 7.24. The lowest BCUT2D eigenvalue weighted by Crippen LogP contribution is -1.90. The van der Waals surface area contributed by atoms with E-state index in [1.165, 1.54) is 7.14 Å². The Labute approximate surface area is 117 Å². The predicted octanol–water partition coefficient (Wildman–Crippen LogP) is 4.64. The standard InChI is InChI=1S/C12H9I2N/c13-9-3-1-5-11(7-9)15-12-6-2-4-10(14)8-12/h1-8,15H. The van der Waals surface area contributed by atoms with Crippen molar-refractivity contribution in [1.29, 1.82) is 0 Å². The number of rotatable bonds is 2. The monoisotopic (exact) mass is 421 g/mol. The van der Waals surface area contributed by atoms with Gasteiger partial charge in [-0.15, -0.1) is 0 Å². The van der Waals surface area contributed by atoms with E-state index >= 15 is 0 Å². The minimum absolute atomic E-state index is 1.13. The summed E-state index contributed by atoms with van der Waals surface area (Å²) in [5.74, 6) is 0. The molecule has 15 heavy (non-hydrogen) atoms. The Balaban J connectivity index is 2.22. The summed E-state index contributed by atoms with van der Waals surface area (Å²) in [6.45, 7) is 0. The van der Waals surface area contributed by atoms with Gasteiger partial charge in [-0.05, 0) is 81.6 Å². The molecule has 0 aliphatic carbocycles. The number of anilines is 2. The highest BCUT2D eigenvalue weighted by Crippen LogP contribution is 2.19. The SMILES string of the molecule is Ic1cccc(Nc2cccc(I)c2)c1. The molecular weight excluding hydrogens is 412 g/mol. The lowest BCUT2D eigenvalue weighted by Gasteiger charge is -2.06. The van der Waals surface area contributed by atoms with Crippen LogP contribution in [0.1, 0.15) is 0 Å². The average Bonchev–Trinajstić information content (AvgIpc) is 2.17. The molecule has 0 fully saturated rings. The summed E-state index contributed by atoms with van der Waals surface area (Å²) >= 11 is 4.63. The van der Waals surface area contributed by atoms with Gasteiger partial charge in [0.25, 0.3) is 0 Å². The van der Waals surface area contributed by atoms with E-state index in [9.17, 15) is 0 Å². The molecule has 0 radical (unpaired) electrons. The minimum atomic E-state index is 1.13. The normalized spacial score (nSPS) is 10.0. The molecule has 0 aliphatic rings. The van der Waals surface area contributed by atoms with E-state index < -0.39 is 0 Å². The van der Waals surface area contributed by atoms with Gasteiger partial charge in [-0.25, -0.2) is 0 Å². The van der Waals surface area contributed by atoms with Crippen molar-refractivity contribution in [2.45, 2.75) is 0 Å². The van der Waals surface area contributed by atoms with Crippen molar-refractivity contribution in [1.82, 2.24) is 0 Å². The number of hydrogen-bond donors (Lipinski definition) is 1. The molecule has 0 saturated carbocycles. The molecule has 0 spiro atoms. The Morgan fingerprint density at radius 3 is 1.60 bits per heavy atom. The van der Waals surface area contributed by atoms with E-state index in [0.29, 0.717) is 0 Å². The summed E-state index contributed by atoms with van der Waals surface area (Å²) in [5.41, 5.74) is 2.26. The maximum Gasteiger partial charge on any atom is 0.0394 e. The van der Waals surface area contributed by atoms with E-state index in [0.717, 1.165) is 11.4 Å². The first-order valence-electron chi connectivity index (χ1n) is 4.52. The highest BCUT2D eigenvalue weighted by Gasteiger charge is 1.95. The van der Waals surface area contributed by atoms with Gasteiger partial charge in [0.2, 0.25) is 0 Å². The van der Waals surface area contributed by atoms with Crippen LogP contribution in [-0.2, 0) is 0 Å². The summed E-state index contributed by atoms with van der Waals surface area (Å²) in [6, 6.07) is 16.7. The second kappa shape index (κ2) is 5.16. The van der Waals surface area contributed by atoms with Gasteiger partial charge >= 0.3 is 0 Å². The molecule has 0 aliphatic heterocycles. The van der Waals surface area contributed by atoms with E-state index in [-0.39, 0.29) is 0 Å². The molecule has 1 N–H and O–H groups in total. The second-order valence-corrected chi connectivity index (χ2v) is 5.64. The van der Waals surface area contributed by atoms with Crippen LogP contribution in [0, 0.1) is 7.14 Å². The third-order valence-electron chi connectivity index (χ3n) is 1.94. The molecule has 1 nitrogen and oxygen atoms in total. The Kier molecular flexibility index (Phi) is 3.85. The Morgan fingerprint density at radius 1 is 0.733 bits per heavy atom. The van der Waals surface area contributed by atoms with Gasteiger partial charge in [-0.2, -0.15) is 0 Å². The zero-order chi connectivity index (χ0) is 10.7.